The zero-order chi connectivity index (χ0) is 26.1. The van der Waals surface area contributed by atoms with E-state index in [2.05, 4.69) is 35.2 Å². The second-order valence-electron chi connectivity index (χ2n) is 10.8. The van der Waals surface area contributed by atoms with Crippen LogP contribution in [-0.2, 0) is 0 Å². The van der Waals surface area contributed by atoms with Gasteiger partial charge in [-0.05, 0) is 50.5 Å². The molecule has 0 radical (unpaired) electrons. The average Bonchev–Trinajstić information content (AvgIpc) is 3.37. The van der Waals surface area contributed by atoms with Gasteiger partial charge in [-0.25, -0.2) is 15.0 Å². The third-order valence-corrected chi connectivity index (χ3v) is 8.52. The quantitative estimate of drug-likeness (QED) is 0.318. The molecule has 12 heteroatoms. The third kappa shape index (κ3) is 3.54. The van der Waals surface area contributed by atoms with Crippen LogP contribution in [0.5, 0.6) is 0 Å². The van der Waals surface area contributed by atoms with Gasteiger partial charge in [0.2, 0.25) is 5.82 Å². The molecule has 3 fully saturated rings. The number of nitrogens with two attached hydrogens (primary N) is 1. The van der Waals surface area contributed by atoms with Gasteiger partial charge in [0, 0.05) is 53.3 Å². The van der Waals surface area contributed by atoms with Gasteiger partial charge in [-0.15, -0.1) is 0 Å². The number of nitrogen functional groups attached to an aromatic ring is 1. The van der Waals surface area contributed by atoms with E-state index >= 15 is 0 Å². The lowest BCUT2D eigenvalue weighted by molar-refractivity contribution is 0.0557. The maximum absolute atomic E-state index is 13.2. The van der Waals surface area contributed by atoms with Crippen LogP contribution >= 0.6 is 0 Å². The first-order chi connectivity index (χ1) is 19.2. The van der Waals surface area contributed by atoms with E-state index in [4.69, 9.17) is 10.7 Å². The molecule has 7 heterocycles. The van der Waals surface area contributed by atoms with Gasteiger partial charge in [-0.2, -0.15) is 14.7 Å². The summed E-state index contributed by atoms with van der Waals surface area (Å²) in [4.78, 5) is 36.6. The van der Waals surface area contributed by atoms with Crippen LogP contribution in [0.15, 0.2) is 43.2 Å². The Bertz CT molecular complexity index is 1660. The number of imidazole rings is 1. The third-order valence-electron chi connectivity index (χ3n) is 8.52. The van der Waals surface area contributed by atoms with E-state index in [1.165, 1.54) is 6.33 Å². The molecule has 12 nitrogen and oxygen atoms in total. The lowest BCUT2D eigenvalue weighted by Gasteiger charge is -2.39. The first-order valence-corrected chi connectivity index (χ1v) is 13.5. The number of hydrogen-bond donors (Lipinski definition) is 3. The molecular formula is C27H27N11O. The van der Waals surface area contributed by atoms with E-state index < -0.39 is 0 Å². The van der Waals surface area contributed by atoms with Gasteiger partial charge in [0.1, 0.15) is 17.8 Å². The zero-order valence-electron chi connectivity index (χ0n) is 21.2. The summed E-state index contributed by atoms with van der Waals surface area (Å²) in [6, 6.07) is 4.27. The number of aromatic amines is 2. The maximum Gasteiger partial charge on any atom is 0.291 e. The lowest BCUT2D eigenvalue weighted by atomic mass is 9.85. The molecular weight excluding hydrogens is 494 g/mol. The molecule has 4 N–H and O–H groups in total. The Labute approximate surface area is 223 Å². The van der Waals surface area contributed by atoms with Crippen molar-refractivity contribution in [1.82, 2.24) is 49.6 Å². The monoisotopic (exact) mass is 521 g/mol. The first kappa shape index (κ1) is 22.4. The number of fused-ring (bicyclic) bond motifs is 3. The molecule has 2 bridgehead atoms. The van der Waals surface area contributed by atoms with Crippen molar-refractivity contribution in [3.8, 4) is 22.6 Å². The molecule has 0 spiro atoms. The van der Waals surface area contributed by atoms with E-state index in [1.54, 1.807) is 16.9 Å². The molecule has 2 aliphatic heterocycles. The Morgan fingerprint density at radius 3 is 2.51 bits per heavy atom. The highest BCUT2D eigenvalue weighted by Gasteiger charge is 2.46. The minimum Gasteiger partial charge on any atom is -0.383 e. The fourth-order valence-electron chi connectivity index (χ4n) is 6.61. The van der Waals surface area contributed by atoms with Crippen molar-refractivity contribution in [2.75, 3.05) is 5.73 Å². The molecule has 196 valence electrons. The molecule has 2 saturated heterocycles. The molecule has 1 saturated carbocycles. The number of amides is 1. The van der Waals surface area contributed by atoms with E-state index in [0.29, 0.717) is 17.6 Å². The standard InChI is InChI=1S/C27H27N11O/c28-23-21(14-1-2-14)22(16-9-17-4-5-18(10-16)37(17)27(39)25-32-13-33-36-25)35-26-19(12-34-38(23)26)15-3-6-20(31-11-15)24-29-7-8-30-24/h3,6-8,11-14,16-18H,1-2,4-5,9-10,28H2,(H,29,30)(H,32,33,36)/t16?,17-,18+. The molecule has 1 aliphatic carbocycles. The van der Waals surface area contributed by atoms with Gasteiger partial charge in [0.25, 0.3) is 5.91 Å². The first-order valence-electron chi connectivity index (χ1n) is 13.5. The summed E-state index contributed by atoms with van der Waals surface area (Å²) in [5, 5.41) is 11.2. The van der Waals surface area contributed by atoms with Crippen LogP contribution in [0.4, 0.5) is 5.82 Å². The SMILES string of the molecule is Nc1c(C2CC2)c(C2C[C@H]3CC[C@@H](C2)N3C(=O)c2ncn[nH]2)nc2c(-c3ccc(-c4ncc[nH]4)nc3)cnn12. The molecule has 1 amide bonds. The minimum atomic E-state index is -0.0626. The molecule has 5 aromatic heterocycles. The van der Waals surface area contributed by atoms with Crippen LogP contribution in [0.2, 0.25) is 0 Å². The summed E-state index contributed by atoms with van der Waals surface area (Å²) in [7, 11) is 0. The van der Waals surface area contributed by atoms with E-state index in [-0.39, 0.29) is 23.9 Å². The van der Waals surface area contributed by atoms with Crippen LogP contribution in [0.1, 0.15) is 72.2 Å². The van der Waals surface area contributed by atoms with Gasteiger partial charge < -0.3 is 15.6 Å². The number of carbonyl (C=O) groups is 1. The summed E-state index contributed by atoms with van der Waals surface area (Å²) in [5.41, 5.74) is 12.4. The lowest BCUT2D eigenvalue weighted by Crippen LogP contribution is -2.46. The van der Waals surface area contributed by atoms with Crippen molar-refractivity contribution in [1.29, 1.82) is 0 Å². The largest absolute Gasteiger partial charge is 0.383 e. The Kier molecular flexibility index (Phi) is 4.85. The van der Waals surface area contributed by atoms with E-state index in [9.17, 15) is 4.79 Å². The minimum absolute atomic E-state index is 0.0626. The summed E-state index contributed by atoms with van der Waals surface area (Å²) < 4.78 is 1.78. The molecule has 5 aromatic rings. The van der Waals surface area contributed by atoms with Crippen LogP contribution in [0, 0.1) is 0 Å². The molecule has 0 aromatic carbocycles. The Hall–Kier alpha value is -4.61. The highest BCUT2D eigenvalue weighted by atomic mass is 16.2. The number of rotatable bonds is 5. The number of nitrogens with zero attached hydrogens (tertiary/aromatic N) is 8. The predicted octanol–water partition coefficient (Wildman–Crippen LogP) is 3.31. The van der Waals surface area contributed by atoms with Crippen LogP contribution in [0.3, 0.4) is 0 Å². The van der Waals surface area contributed by atoms with Gasteiger partial charge in [0.15, 0.2) is 11.5 Å². The highest BCUT2D eigenvalue weighted by molar-refractivity contribution is 5.91. The number of anilines is 1. The zero-order valence-corrected chi connectivity index (χ0v) is 21.2. The van der Waals surface area contributed by atoms with Crippen molar-refractivity contribution in [2.45, 2.75) is 62.4 Å². The molecule has 39 heavy (non-hydrogen) atoms. The van der Waals surface area contributed by atoms with E-state index in [1.807, 2.05) is 29.4 Å². The Balaban J connectivity index is 1.17. The molecule has 8 rings (SSSR count). The van der Waals surface area contributed by atoms with Gasteiger partial charge >= 0.3 is 0 Å². The second-order valence-corrected chi connectivity index (χ2v) is 10.8. The van der Waals surface area contributed by atoms with Crippen molar-refractivity contribution >= 4 is 17.4 Å². The summed E-state index contributed by atoms with van der Waals surface area (Å²) in [6.07, 6.45) is 14.5. The molecule has 3 atom stereocenters. The molecule has 3 aliphatic rings. The predicted molar refractivity (Wildman–Crippen MR) is 142 cm³/mol. The maximum atomic E-state index is 13.2. The smallest absolute Gasteiger partial charge is 0.291 e. The van der Waals surface area contributed by atoms with Gasteiger partial charge in [0.05, 0.1) is 11.9 Å². The Morgan fingerprint density at radius 1 is 1.00 bits per heavy atom. The van der Waals surface area contributed by atoms with Crippen molar-refractivity contribution in [3.05, 3.63) is 60.3 Å². The number of H-pyrrole nitrogens is 2. The summed E-state index contributed by atoms with van der Waals surface area (Å²) in [6.45, 7) is 0. The number of pyridine rings is 1. The second kappa shape index (κ2) is 8.45. The number of carbonyl (C=O) groups excluding carboxylic acids is 1. The number of piperidine rings is 1. The number of aromatic nitrogens is 9. The van der Waals surface area contributed by atoms with Crippen LogP contribution in [0.25, 0.3) is 28.3 Å². The summed E-state index contributed by atoms with van der Waals surface area (Å²) >= 11 is 0. The fourth-order valence-corrected chi connectivity index (χ4v) is 6.61. The van der Waals surface area contributed by atoms with E-state index in [0.717, 1.165) is 78.1 Å². The topological polar surface area (TPSA) is 160 Å². The van der Waals surface area contributed by atoms with Crippen molar-refractivity contribution in [3.63, 3.8) is 0 Å². The van der Waals surface area contributed by atoms with Gasteiger partial charge in [-0.3, -0.25) is 14.9 Å². The highest BCUT2D eigenvalue weighted by Crippen LogP contribution is 2.50. The van der Waals surface area contributed by atoms with Crippen molar-refractivity contribution in [2.24, 2.45) is 0 Å². The normalized spacial score (nSPS) is 22.6. The summed E-state index contributed by atoms with van der Waals surface area (Å²) in [5.74, 6) is 2.30. The van der Waals surface area contributed by atoms with Gasteiger partial charge in [-0.1, -0.05) is 6.07 Å². The average molecular weight is 522 g/mol. The van der Waals surface area contributed by atoms with Crippen LogP contribution in [-0.4, -0.2) is 67.6 Å². The molecule has 1 unspecified atom stereocenters. The van der Waals surface area contributed by atoms with Crippen LogP contribution < -0.4 is 5.73 Å². The van der Waals surface area contributed by atoms with Crippen molar-refractivity contribution < 1.29 is 4.79 Å². The number of nitrogens with one attached hydrogen (secondary N) is 2. The number of hydrogen-bond acceptors (Lipinski definition) is 8. The fraction of sp³-hybridized carbons (Fsp3) is 0.370. The Morgan fingerprint density at radius 2 is 1.85 bits per heavy atom.